The summed E-state index contributed by atoms with van der Waals surface area (Å²) in [6.45, 7) is 1.91. The van der Waals surface area contributed by atoms with Crippen LogP contribution < -0.4 is 10.1 Å². The van der Waals surface area contributed by atoms with Crippen LogP contribution in [0, 0.1) is 5.92 Å². The van der Waals surface area contributed by atoms with Crippen LogP contribution in [-0.2, 0) is 14.3 Å². The molecule has 2 atom stereocenters. The molecule has 1 aliphatic heterocycles. The van der Waals surface area contributed by atoms with E-state index < -0.39 is 23.8 Å². The Kier molecular flexibility index (Phi) is 5.31. The molecule has 0 unspecified atom stereocenters. The number of carbonyl (C=O) groups excluding carboxylic acids is 2. The molecule has 0 bridgehead atoms. The van der Waals surface area contributed by atoms with Gasteiger partial charge in [-0.3, -0.25) is 14.6 Å². The van der Waals surface area contributed by atoms with E-state index in [0.29, 0.717) is 11.6 Å². The van der Waals surface area contributed by atoms with Gasteiger partial charge in [-0.2, -0.15) is 0 Å². The summed E-state index contributed by atoms with van der Waals surface area (Å²) in [6.07, 6.45) is 0. The number of hydrogen-bond acceptors (Lipinski definition) is 5. The van der Waals surface area contributed by atoms with Crippen molar-refractivity contribution in [1.82, 2.24) is 5.32 Å². The van der Waals surface area contributed by atoms with Crippen molar-refractivity contribution in [1.29, 1.82) is 0 Å². The molecule has 3 rings (SSSR count). The van der Waals surface area contributed by atoms with E-state index in [9.17, 15) is 9.59 Å². The Hall–Kier alpha value is -3.15. The third kappa shape index (κ3) is 3.59. The van der Waals surface area contributed by atoms with Gasteiger partial charge in [0.2, 0.25) is 5.91 Å². The highest BCUT2D eigenvalue weighted by Gasteiger charge is 2.41. The fourth-order valence-electron chi connectivity index (χ4n) is 2.86. The van der Waals surface area contributed by atoms with Crippen LogP contribution in [0.2, 0.25) is 0 Å². The molecule has 6 heteroatoms. The van der Waals surface area contributed by atoms with E-state index in [1.165, 1.54) is 0 Å². The summed E-state index contributed by atoms with van der Waals surface area (Å²) in [5.74, 6) is -0.901. The Morgan fingerprint density at radius 1 is 1.12 bits per heavy atom. The molecule has 1 aliphatic rings. The van der Waals surface area contributed by atoms with Gasteiger partial charge in [0.15, 0.2) is 5.92 Å². The maximum absolute atomic E-state index is 12.7. The molecule has 0 aromatic heterocycles. The molecule has 6 nitrogen and oxygen atoms in total. The molecular formula is C20H20N2O4. The minimum atomic E-state index is -1.03. The standard InChI is InChI=1S/C20H20N2O4/c1-3-26-20(24)16-17(13-9-11-15(25-2)12-10-13)21-18(22-19(16)23)14-7-5-4-6-8-14/h4-12,16-17H,3H2,1-2H3,(H,21,22,23)/t16-,17-/m0/s1. The van der Waals surface area contributed by atoms with Gasteiger partial charge < -0.3 is 14.8 Å². The number of amides is 1. The summed E-state index contributed by atoms with van der Waals surface area (Å²) < 4.78 is 10.3. The number of amidine groups is 1. The predicted octanol–water partition coefficient (Wildman–Crippen LogP) is 2.49. The minimum absolute atomic E-state index is 0.202. The van der Waals surface area contributed by atoms with Crippen molar-refractivity contribution >= 4 is 17.7 Å². The first kappa shape index (κ1) is 17.7. The SMILES string of the molecule is CCOC(=O)[C@@H]1C(=O)NC(c2ccccc2)=N[C@H]1c1ccc(OC)cc1. The Morgan fingerprint density at radius 3 is 2.42 bits per heavy atom. The van der Waals surface area contributed by atoms with Gasteiger partial charge in [-0.05, 0) is 24.6 Å². The molecule has 1 N–H and O–H groups in total. The highest BCUT2D eigenvalue weighted by molar-refractivity contribution is 6.14. The number of esters is 1. The normalized spacial score (nSPS) is 19.3. The van der Waals surface area contributed by atoms with Gasteiger partial charge in [-0.1, -0.05) is 42.5 Å². The van der Waals surface area contributed by atoms with Gasteiger partial charge in [-0.25, -0.2) is 0 Å². The summed E-state index contributed by atoms with van der Waals surface area (Å²) in [6, 6.07) is 15.8. The Labute approximate surface area is 151 Å². The molecule has 0 saturated carbocycles. The molecule has 134 valence electrons. The number of methoxy groups -OCH3 is 1. The third-order valence-electron chi connectivity index (χ3n) is 4.15. The van der Waals surface area contributed by atoms with Crippen molar-refractivity contribution in [2.75, 3.05) is 13.7 Å². The molecule has 0 radical (unpaired) electrons. The lowest BCUT2D eigenvalue weighted by Gasteiger charge is -2.28. The molecule has 2 aromatic rings. The van der Waals surface area contributed by atoms with Crippen LogP contribution in [0.3, 0.4) is 0 Å². The molecule has 0 spiro atoms. The number of aliphatic imine (C=N–C) groups is 1. The van der Waals surface area contributed by atoms with E-state index in [1.54, 1.807) is 38.3 Å². The van der Waals surface area contributed by atoms with E-state index in [2.05, 4.69) is 10.3 Å². The van der Waals surface area contributed by atoms with Crippen molar-refractivity contribution in [2.24, 2.45) is 10.9 Å². The van der Waals surface area contributed by atoms with Crippen molar-refractivity contribution in [3.05, 3.63) is 65.7 Å². The lowest BCUT2D eigenvalue weighted by Crippen LogP contribution is -2.47. The van der Waals surface area contributed by atoms with Crippen LogP contribution in [0.1, 0.15) is 24.1 Å². The smallest absolute Gasteiger partial charge is 0.321 e. The van der Waals surface area contributed by atoms with Gasteiger partial charge in [-0.15, -0.1) is 0 Å². The molecule has 0 fully saturated rings. The first-order valence-electron chi connectivity index (χ1n) is 8.38. The Morgan fingerprint density at radius 2 is 1.81 bits per heavy atom. The summed E-state index contributed by atoms with van der Waals surface area (Å²) in [5.41, 5.74) is 1.52. The van der Waals surface area contributed by atoms with Crippen LogP contribution in [0.15, 0.2) is 59.6 Å². The molecule has 1 amide bonds. The fourth-order valence-corrected chi connectivity index (χ4v) is 2.86. The second-order valence-electron chi connectivity index (χ2n) is 5.78. The summed E-state index contributed by atoms with van der Waals surface area (Å²) >= 11 is 0. The first-order valence-corrected chi connectivity index (χ1v) is 8.38. The Bertz CT molecular complexity index is 815. The zero-order valence-corrected chi connectivity index (χ0v) is 14.6. The monoisotopic (exact) mass is 352 g/mol. The number of nitrogens with zero attached hydrogens (tertiary/aromatic N) is 1. The van der Waals surface area contributed by atoms with Crippen LogP contribution >= 0.6 is 0 Å². The molecule has 26 heavy (non-hydrogen) atoms. The summed E-state index contributed by atoms with van der Waals surface area (Å²) in [5, 5.41) is 2.73. The maximum Gasteiger partial charge on any atom is 0.321 e. The van der Waals surface area contributed by atoms with E-state index in [1.807, 2.05) is 30.3 Å². The lowest BCUT2D eigenvalue weighted by atomic mass is 9.90. The van der Waals surface area contributed by atoms with Gasteiger partial charge in [0.25, 0.3) is 0 Å². The minimum Gasteiger partial charge on any atom is -0.497 e. The van der Waals surface area contributed by atoms with Gasteiger partial charge >= 0.3 is 5.97 Å². The third-order valence-corrected chi connectivity index (χ3v) is 4.15. The topological polar surface area (TPSA) is 77.0 Å². The predicted molar refractivity (Wildman–Crippen MR) is 97.0 cm³/mol. The highest BCUT2D eigenvalue weighted by Crippen LogP contribution is 2.32. The summed E-state index contributed by atoms with van der Waals surface area (Å²) in [4.78, 5) is 29.7. The lowest BCUT2D eigenvalue weighted by molar-refractivity contribution is -0.153. The first-order chi connectivity index (χ1) is 12.6. The largest absolute Gasteiger partial charge is 0.497 e. The highest BCUT2D eigenvalue weighted by atomic mass is 16.5. The number of nitrogens with one attached hydrogen (secondary N) is 1. The van der Waals surface area contributed by atoms with E-state index in [-0.39, 0.29) is 6.61 Å². The average molecular weight is 352 g/mol. The van der Waals surface area contributed by atoms with Crippen molar-refractivity contribution in [3.8, 4) is 5.75 Å². The Balaban J connectivity index is 2.04. The number of hydrogen-bond donors (Lipinski definition) is 1. The average Bonchev–Trinajstić information content (AvgIpc) is 2.68. The zero-order valence-electron chi connectivity index (χ0n) is 14.6. The molecular weight excluding hydrogens is 332 g/mol. The van der Waals surface area contributed by atoms with Crippen molar-refractivity contribution < 1.29 is 19.1 Å². The van der Waals surface area contributed by atoms with Gasteiger partial charge in [0.05, 0.1) is 19.8 Å². The van der Waals surface area contributed by atoms with Crippen LogP contribution in [0.4, 0.5) is 0 Å². The quantitative estimate of drug-likeness (QED) is 0.662. The molecule has 0 saturated heterocycles. The van der Waals surface area contributed by atoms with Crippen LogP contribution in [-0.4, -0.2) is 31.4 Å². The molecule has 0 aliphatic carbocycles. The second-order valence-corrected chi connectivity index (χ2v) is 5.78. The number of ether oxygens (including phenoxy) is 2. The number of carbonyl (C=O) groups is 2. The van der Waals surface area contributed by atoms with Crippen molar-refractivity contribution in [2.45, 2.75) is 13.0 Å². The molecule has 2 aromatic carbocycles. The van der Waals surface area contributed by atoms with Crippen molar-refractivity contribution in [3.63, 3.8) is 0 Å². The van der Waals surface area contributed by atoms with E-state index in [4.69, 9.17) is 9.47 Å². The number of rotatable bonds is 5. The van der Waals surface area contributed by atoms with Gasteiger partial charge in [0.1, 0.15) is 11.6 Å². The fraction of sp³-hybridized carbons (Fsp3) is 0.250. The summed E-state index contributed by atoms with van der Waals surface area (Å²) in [7, 11) is 1.58. The second kappa shape index (κ2) is 7.82. The van der Waals surface area contributed by atoms with Crippen LogP contribution in [0.25, 0.3) is 0 Å². The van der Waals surface area contributed by atoms with Crippen LogP contribution in [0.5, 0.6) is 5.75 Å². The van der Waals surface area contributed by atoms with E-state index >= 15 is 0 Å². The maximum atomic E-state index is 12.7. The molecule has 1 heterocycles. The van der Waals surface area contributed by atoms with E-state index in [0.717, 1.165) is 11.1 Å². The van der Waals surface area contributed by atoms with Gasteiger partial charge in [0, 0.05) is 5.56 Å². The zero-order chi connectivity index (χ0) is 18.5. The number of benzene rings is 2.